The third-order valence-electron chi connectivity index (χ3n) is 4.00. The van der Waals surface area contributed by atoms with Gasteiger partial charge in [-0.3, -0.25) is 9.59 Å². The molecule has 4 nitrogen and oxygen atoms in total. The van der Waals surface area contributed by atoms with Crippen LogP contribution in [0.3, 0.4) is 0 Å². The quantitative estimate of drug-likeness (QED) is 0.792. The lowest BCUT2D eigenvalue weighted by atomic mass is 10.0. The maximum Gasteiger partial charge on any atom is 0.308 e. The molecule has 6 heteroatoms. The number of nitrogens with one attached hydrogen (secondary N) is 1. The Morgan fingerprint density at radius 2 is 2.14 bits per heavy atom. The van der Waals surface area contributed by atoms with E-state index in [4.69, 9.17) is 28.3 Å². The van der Waals surface area contributed by atoms with Crippen molar-refractivity contribution in [2.45, 2.75) is 32.1 Å². The van der Waals surface area contributed by atoms with E-state index in [2.05, 4.69) is 5.32 Å². The number of amides is 1. The molecule has 120 valence electrons. The molecule has 0 bridgehead atoms. The molecule has 1 aromatic carbocycles. The highest BCUT2D eigenvalue weighted by molar-refractivity contribution is 6.35. The fraction of sp³-hybridized carbons (Fsp3) is 0.500. The predicted molar refractivity (Wildman–Crippen MR) is 86.4 cm³/mol. The summed E-state index contributed by atoms with van der Waals surface area (Å²) in [5.41, 5.74) is 0.926. The number of rotatable bonds is 7. The van der Waals surface area contributed by atoms with Crippen LogP contribution >= 0.6 is 23.2 Å². The zero-order valence-electron chi connectivity index (χ0n) is 12.3. The molecule has 0 saturated heterocycles. The van der Waals surface area contributed by atoms with Crippen LogP contribution in [0.2, 0.25) is 10.0 Å². The maximum atomic E-state index is 12.1. The molecule has 1 saturated carbocycles. The first-order chi connectivity index (χ1) is 10.4. The first-order valence-corrected chi connectivity index (χ1v) is 8.15. The molecule has 0 spiro atoms. The van der Waals surface area contributed by atoms with E-state index in [0.29, 0.717) is 16.5 Å². The predicted octanol–water partition coefficient (Wildman–Crippen LogP) is 3.71. The summed E-state index contributed by atoms with van der Waals surface area (Å²) in [4.78, 5) is 23.2. The Hall–Kier alpha value is -1.26. The van der Waals surface area contributed by atoms with E-state index in [1.54, 1.807) is 12.1 Å². The number of carboxylic acids is 1. The van der Waals surface area contributed by atoms with Gasteiger partial charge in [0.15, 0.2) is 0 Å². The third kappa shape index (κ3) is 4.14. The van der Waals surface area contributed by atoms with Gasteiger partial charge in [-0.1, -0.05) is 42.6 Å². The Morgan fingerprint density at radius 3 is 2.73 bits per heavy atom. The Bertz CT molecular complexity index is 577. The van der Waals surface area contributed by atoms with Gasteiger partial charge in [-0.15, -0.1) is 0 Å². The van der Waals surface area contributed by atoms with Crippen LogP contribution in [0.4, 0.5) is 0 Å². The Morgan fingerprint density at radius 1 is 1.41 bits per heavy atom. The number of aliphatic carboxylic acids is 1. The second-order valence-corrected chi connectivity index (χ2v) is 6.53. The summed E-state index contributed by atoms with van der Waals surface area (Å²) in [6, 6.07) is 5.28. The van der Waals surface area contributed by atoms with Gasteiger partial charge in [0, 0.05) is 22.5 Å². The second-order valence-electron chi connectivity index (χ2n) is 5.68. The summed E-state index contributed by atoms with van der Waals surface area (Å²) in [5.74, 6) is -1.52. The summed E-state index contributed by atoms with van der Waals surface area (Å²) < 4.78 is 0. The second kappa shape index (κ2) is 7.34. The molecular weight excluding hydrogens is 325 g/mol. The first-order valence-electron chi connectivity index (χ1n) is 7.39. The minimum atomic E-state index is -0.866. The smallest absolute Gasteiger partial charge is 0.308 e. The zero-order valence-corrected chi connectivity index (χ0v) is 13.8. The van der Waals surface area contributed by atoms with Crippen LogP contribution in [0.5, 0.6) is 0 Å². The average molecular weight is 344 g/mol. The molecule has 3 atom stereocenters. The lowest BCUT2D eigenvalue weighted by molar-refractivity contribution is -0.142. The number of carboxylic acid groups (broad SMARTS) is 1. The van der Waals surface area contributed by atoms with E-state index in [9.17, 15) is 9.59 Å². The van der Waals surface area contributed by atoms with Crippen LogP contribution < -0.4 is 5.32 Å². The molecule has 1 aromatic rings. The summed E-state index contributed by atoms with van der Waals surface area (Å²) >= 11 is 12.0. The fourth-order valence-electron chi connectivity index (χ4n) is 2.65. The van der Waals surface area contributed by atoms with E-state index in [1.807, 2.05) is 13.0 Å². The Balaban J connectivity index is 1.89. The lowest BCUT2D eigenvalue weighted by Crippen LogP contribution is -2.34. The number of benzene rings is 1. The van der Waals surface area contributed by atoms with Crippen LogP contribution in [-0.4, -0.2) is 23.5 Å². The monoisotopic (exact) mass is 343 g/mol. The number of carbonyl (C=O) groups excluding carboxylic acids is 1. The van der Waals surface area contributed by atoms with E-state index in [0.717, 1.165) is 18.4 Å². The molecule has 2 rings (SSSR count). The normalized spacial score (nSPS) is 21.2. The largest absolute Gasteiger partial charge is 0.481 e. The van der Waals surface area contributed by atoms with Crippen molar-refractivity contribution < 1.29 is 14.7 Å². The highest BCUT2D eigenvalue weighted by Crippen LogP contribution is 2.50. The highest BCUT2D eigenvalue weighted by Gasteiger charge is 2.44. The van der Waals surface area contributed by atoms with Gasteiger partial charge in [-0.05, 0) is 36.5 Å². The van der Waals surface area contributed by atoms with Crippen LogP contribution in [0.25, 0.3) is 0 Å². The molecule has 0 aliphatic heterocycles. The van der Waals surface area contributed by atoms with Gasteiger partial charge in [-0.25, -0.2) is 0 Å². The summed E-state index contributed by atoms with van der Waals surface area (Å²) in [6.45, 7) is 2.11. The summed E-state index contributed by atoms with van der Waals surface area (Å²) in [5, 5.41) is 13.0. The standard InChI is InChI=1S/C16H19Cl2NO3/c1-2-3-9(16(21)22)8-19-15(20)13-7-12(13)11-5-4-10(17)6-14(11)18/h4-6,9,12-13H,2-3,7-8H2,1H3,(H,19,20)(H,21,22). The average Bonchev–Trinajstić information content (AvgIpc) is 3.23. The van der Waals surface area contributed by atoms with Gasteiger partial charge < -0.3 is 10.4 Å². The minimum absolute atomic E-state index is 0.0965. The maximum absolute atomic E-state index is 12.1. The van der Waals surface area contributed by atoms with Crippen molar-refractivity contribution in [1.29, 1.82) is 0 Å². The molecule has 0 radical (unpaired) electrons. The van der Waals surface area contributed by atoms with Crippen molar-refractivity contribution in [1.82, 2.24) is 5.32 Å². The molecule has 0 heterocycles. The van der Waals surface area contributed by atoms with Crippen LogP contribution in [-0.2, 0) is 9.59 Å². The first kappa shape index (κ1) is 17.1. The SMILES string of the molecule is CCCC(CNC(=O)C1CC1c1ccc(Cl)cc1Cl)C(=O)O. The number of carbonyl (C=O) groups is 2. The summed E-state index contributed by atoms with van der Waals surface area (Å²) in [7, 11) is 0. The van der Waals surface area contributed by atoms with Gasteiger partial charge in [0.05, 0.1) is 5.92 Å². The number of halogens is 2. The minimum Gasteiger partial charge on any atom is -0.481 e. The molecule has 0 aromatic heterocycles. The highest BCUT2D eigenvalue weighted by atomic mass is 35.5. The fourth-order valence-corrected chi connectivity index (χ4v) is 3.20. The van der Waals surface area contributed by atoms with Crippen molar-refractivity contribution in [2.24, 2.45) is 11.8 Å². The van der Waals surface area contributed by atoms with Gasteiger partial charge in [0.1, 0.15) is 0 Å². The van der Waals surface area contributed by atoms with Gasteiger partial charge in [0.2, 0.25) is 5.91 Å². The van der Waals surface area contributed by atoms with Crippen molar-refractivity contribution in [3.05, 3.63) is 33.8 Å². The molecule has 1 amide bonds. The van der Waals surface area contributed by atoms with Crippen LogP contribution in [0, 0.1) is 11.8 Å². The lowest BCUT2D eigenvalue weighted by Gasteiger charge is -2.12. The third-order valence-corrected chi connectivity index (χ3v) is 4.56. The Labute approximate surface area is 139 Å². The molecular formula is C16H19Cl2NO3. The van der Waals surface area contributed by atoms with Crippen molar-refractivity contribution in [3.63, 3.8) is 0 Å². The van der Waals surface area contributed by atoms with Crippen molar-refractivity contribution in [2.75, 3.05) is 6.54 Å². The van der Waals surface area contributed by atoms with E-state index in [1.165, 1.54) is 0 Å². The van der Waals surface area contributed by atoms with Gasteiger partial charge >= 0.3 is 5.97 Å². The molecule has 2 N–H and O–H groups in total. The van der Waals surface area contributed by atoms with E-state index < -0.39 is 11.9 Å². The van der Waals surface area contributed by atoms with E-state index in [-0.39, 0.29) is 24.3 Å². The molecule has 1 aliphatic carbocycles. The molecule has 22 heavy (non-hydrogen) atoms. The van der Waals surface area contributed by atoms with Gasteiger partial charge in [-0.2, -0.15) is 0 Å². The summed E-state index contributed by atoms with van der Waals surface area (Å²) in [6.07, 6.45) is 2.07. The Kier molecular flexibility index (Phi) is 5.70. The van der Waals surface area contributed by atoms with Gasteiger partial charge in [0.25, 0.3) is 0 Å². The zero-order chi connectivity index (χ0) is 16.3. The topological polar surface area (TPSA) is 66.4 Å². The number of hydrogen-bond acceptors (Lipinski definition) is 2. The van der Waals surface area contributed by atoms with E-state index >= 15 is 0 Å². The van der Waals surface area contributed by atoms with Crippen molar-refractivity contribution in [3.8, 4) is 0 Å². The molecule has 3 unspecified atom stereocenters. The number of hydrogen-bond donors (Lipinski definition) is 2. The van der Waals surface area contributed by atoms with Crippen LogP contribution in [0.1, 0.15) is 37.7 Å². The van der Waals surface area contributed by atoms with Crippen LogP contribution in [0.15, 0.2) is 18.2 Å². The van der Waals surface area contributed by atoms with Crippen molar-refractivity contribution >= 4 is 35.1 Å². The molecule has 1 aliphatic rings. The molecule has 1 fully saturated rings.